The summed E-state index contributed by atoms with van der Waals surface area (Å²) in [6, 6.07) is 61.2. The molecule has 49 heavy (non-hydrogen) atoms. The van der Waals surface area contributed by atoms with Gasteiger partial charge in [-0.15, -0.1) is 0 Å². The molecule has 0 saturated carbocycles. The largest absolute Gasteiger partial charge is 0.0622 e. The lowest BCUT2D eigenvalue weighted by molar-refractivity contribution is 1.47. The van der Waals surface area contributed by atoms with Gasteiger partial charge in [0.25, 0.3) is 0 Å². The third-order valence-corrected chi connectivity index (χ3v) is 11.0. The molecule has 0 aliphatic heterocycles. The van der Waals surface area contributed by atoms with Gasteiger partial charge in [0, 0.05) is 0 Å². The maximum atomic E-state index is 2.52. The average molecular weight is 619 g/mol. The van der Waals surface area contributed by atoms with Gasteiger partial charge in [-0.25, -0.2) is 0 Å². The molecule has 0 aliphatic rings. The van der Waals surface area contributed by atoms with Crippen LogP contribution in [0.25, 0.3) is 109 Å². The molecule has 0 heterocycles. The predicted octanol–water partition coefficient (Wildman–Crippen LogP) is 13.9. The standard InChI is InChI=1S/C49H30/c1-29-13-10-18-32(27-29)33-25-26-40-45-36(33)21-11-24-39(45)49-44(31-16-6-3-7-17-31)47-38-23-12-22-37-34-19-8-9-20-35(34)41(46(37)38)28-42(47)43(48(40)49)30-14-4-2-5-15-30/h2-28H,1H3. The summed E-state index contributed by atoms with van der Waals surface area (Å²) in [5, 5.41) is 18.6. The van der Waals surface area contributed by atoms with Gasteiger partial charge in [-0.2, -0.15) is 0 Å². The minimum atomic E-state index is 1.25. The highest BCUT2D eigenvalue weighted by Crippen LogP contribution is 2.55. The molecule has 0 fully saturated rings. The monoisotopic (exact) mass is 618 g/mol. The number of hydrogen-bond donors (Lipinski definition) is 0. The van der Waals surface area contributed by atoms with Gasteiger partial charge in [-0.05, 0) is 122 Å². The molecular weight excluding hydrogens is 589 g/mol. The number of aryl methyl sites for hydroxylation is 1. The van der Waals surface area contributed by atoms with E-state index in [1.54, 1.807) is 0 Å². The zero-order valence-electron chi connectivity index (χ0n) is 27.1. The van der Waals surface area contributed by atoms with Crippen LogP contribution in [0.1, 0.15) is 5.56 Å². The first-order valence-electron chi connectivity index (χ1n) is 17.2. The van der Waals surface area contributed by atoms with E-state index < -0.39 is 0 Å². The van der Waals surface area contributed by atoms with Gasteiger partial charge in [0.2, 0.25) is 0 Å². The highest BCUT2D eigenvalue weighted by molar-refractivity contribution is 6.45. The Kier molecular flexibility index (Phi) is 5.41. The molecule has 11 aromatic rings. The van der Waals surface area contributed by atoms with E-state index in [4.69, 9.17) is 0 Å². The van der Waals surface area contributed by atoms with Crippen molar-refractivity contribution in [3.8, 4) is 33.4 Å². The van der Waals surface area contributed by atoms with E-state index in [0.29, 0.717) is 0 Å². The Labute approximate surface area is 284 Å². The van der Waals surface area contributed by atoms with Gasteiger partial charge in [0.15, 0.2) is 0 Å². The predicted molar refractivity (Wildman–Crippen MR) is 212 cm³/mol. The molecule has 226 valence electrons. The second kappa shape index (κ2) is 9.89. The molecular formula is C49H30. The minimum absolute atomic E-state index is 1.25. The maximum Gasteiger partial charge on any atom is -0.000719 e. The van der Waals surface area contributed by atoms with E-state index in [2.05, 4.69) is 171 Å². The lowest BCUT2D eigenvalue weighted by Gasteiger charge is -2.19. The fourth-order valence-electron chi connectivity index (χ4n) is 9.08. The fourth-order valence-corrected chi connectivity index (χ4v) is 9.08. The van der Waals surface area contributed by atoms with Gasteiger partial charge in [0.05, 0.1) is 0 Å². The van der Waals surface area contributed by atoms with Crippen molar-refractivity contribution in [1.29, 1.82) is 0 Å². The van der Waals surface area contributed by atoms with Crippen LogP contribution in [-0.2, 0) is 0 Å². The molecule has 0 unspecified atom stereocenters. The summed E-state index contributed by atoms with van der Waals surface area (Å²) in [6.07, 6.45) is 0. The van der Waals surface area contributed by atoms with Crippen LogP contribution in [0.15, 0.2) is 164 Å². The van der Waals surface area contributed by atoms with E-state index in [-0.39, 0.29) is 0 Å². The van der Waals surface area contributed by atoms with Crippen molar-refractivity contribution >= 4 is 75.4 Å². The first-order chi connectivity index (χ1) is 24.3. The van der Waals surface area contributed by atoms with Crippen LogP contribution < -0.4 is 0 Å². The molecule has 0 bridgehead atoms. The number of hydrogen-bond acceptors (Lipinski definition) is 0. The Morgan fingerprint density at radius 1 is 0.265 bits per heavy atom. The first-order valence-corrected chi connectivity index (χ1v) is 17.2. The van der Waals surface area contributed by atoms with E-state index in [0.717, 1.165) is 0 Å². The van der Waals surface area contributed by atoms with Crippen molar-refractivity contribution in [1.82, 2.24) is 0 Å². The van der Waals surface area contributed by atoms with E-state index in [9.17, 15) is 0 Å². The molecule has 0 atom stereocenters. The van der Waals surface area contributed by atoms with Gasteiger partial charge < -0.3 is 0 Å². The van der Waals surface area contributed by atoms with Crippen LogP contribution in [0.5, 0.6) is 0 Å². The van der Waals surface area contributed by atoms with E-state index in [1.807, 2.05) is 0 Å². The topological polar surface area (TPSA) is 0 Å². The Bertz CT molecular complexity index is 3080. The van der Waals surface area contributed by atoms with Crippen molar-refractivity contribution in [2.45, 2.75) is 6.92 Å². The normalized spacial score (nSPS) is 12.2. The molecule has 0 N–H and O–H groups in total. The molecule has 11 aromatic carbocycles. The zero-order valence-corrected chi connectivity index (χ0v) is 27.1. The summed E-state index contributed by atoms with van der Waals surface area (Å²) in [7, 11) is 0. The molecule has 11 rings (SSSR count). The van der Waals surface area contributed by atoms with E-state index >= 15 is 0 Å². The molecule has 0 heteroatoms. The molecule has 0 aliphatic carbocycles. The number of rotatable bonds is 3. The molecule has 0 saturated heterocycles. The van der Waals surface area contributed by atoms with Gasteiger partial charge >= 0.3 is 0 Å². The van der Waals surface area contributed by atoms with Crippen molar-refractivity contribution in [3.05, 3.63) is 169 Å². The van der Waals surface area contributed by atoms with Crippen LogP contribution in [-0.4, -0.2) is 0 Å². The molecule has 0 aromatic heterocycles. The molecule has 0 radical (unpaired) electrons. The van der Waals surface area contributed by atoms with Crippen LogP contribution in [0.2, 0.25) is 0 Å². The Hall–Kier alpha value is -6.24. The number of fused-ring (bicyclic) bond motifs is 8. The number of benzene rings is 9. The molecule has 0 spiro atoms. The first kappa shape index (κ1) is 26.8. The average Bonchev–Trinajstić information content (AvgIpc) is 3.66. The van der Waals surface area contributed by atoms with Crippen LogP contribution in [0, 0.1) is 6.92 Å². The Morgan fingerprint density at radius 3 is 1.51 bits per heavy atom. The minimum Gasteiger partial charge on any atom is -0.0622 e. The van der Waals surface area contributed by atoms with Gasteiger partial charge in [-0.1, -0.05) is 163 Å². The third kappa shape index (κ3) is 3.58. The second-order valence-electron chi connectivity index (χ2n) is 13.6. The SMILES string of the molecule is Cc1cccc(-c2ccc3c4c(-c5ccccc5)c5cc6c7ccccc7c7cccc(c5c(-c5ccccc5)c4c4cccc2c34)c76)c1. The third-order valence-electron chi connectivity index (χ3n) is 11.0. The highest BCUT2D eigenvalue weighted by Gasteiger charge is 2.26. The summed E-state index contributed by atoms with van der Waals surface area (Å²) in [5.41, 5.74) is 8.97. The summed E-state index contributed by atoms with van der Waals surface area (Å²) >= 11 is 0. The molecule has 0 amide bonds. The Balaban J connectivity index is 1.46. The molecule has 0 nitrogen and oxygen atoms in total. The van der Waals surface area contributed by atoms with Crippen LogP contribution >= 0.6 is 0 Å². The van der Waals surface area contributed by atoms with Crippen LogP contribution in [0.4, 0.5) is 0 Å². The summed E-state index contributed by atoms with van der Waals surface area (Å²) < 4.78 is 0. The lowest BCUT2D eigenvalue weighted by atomic mass is 9.84. The van der Waals surface area contributed by atoms with Crippen LogP contribution in [0.3, 0.4) is 0 Å². The van der Waals surface area contributed by atoms with Crippen molar-refractivity contribution < 1.29 is 0 Å². The summed E-state index contributed by atoms with van der Waals surface area (Å²) in [6.45, 7) is 2.18. The second-order valence-corrected chi connectivity index (χ2v) is 13.6. The summed E-state index contributed by atoms with van der Waals surface area (Å²) in [5.74, 6) is 0. The Morgan fingerprint density at radius 2 is 0.776 bits per heavy atom. The smallest absolute Gasteiger partial charge is 0.000719 e. The highest BCUT2D eigenvalue weighted by atomic mass is 14.3. The zero-order chi connectivity index (χ0) is 32.2. The van der Waals surface area contributed by atoms with Crippen molar-refractivity contribution in [3.63, 3.8) is 0 Å². The van der Waals surface area contributed by atoms with E-state index in [1.165, 1.54) is 114 Å². The summed E-state index contributed by atoms with van der Waals surface area (Å²) in [4.78, 5) is 0. The van der Waals surface area contributed by atoms with Gasteiger partial charge in [0.1, 0.15) is 0 Å². The van der Waals surface area contributed by atoms with Crippen molar-refractivity contribution in [2.75, 3.05) is 0 Å². The van der Waals surface area contributed by atoms with Gasteiger partial charge in [-0.3, -0.25) is 0 Å². The van der Waals surface area contributed by atoms with Crippen molar-refractivity contribution in [2.24, 2.45) is 0 Å². The maximum absolute atomic E-state index is 2.52. The quantitative estimate of drug-likeness (QED) is 0.173. The lowest BCUT2D eigenvalue weighted by Crippen LogP contribution is -1.91. The fraction of sp³-hybridized carbons (Fsp3) is 0.0204.